The topological polar surface area (TPSA) is 59.1 Å². The van der Waals surface area contributed by atoms with Crippen molar-refractivity contribution in [3.63, 3.8) is 0 Å². The SMILES string of the molecule is Cc1ccccc1S(=O)(=O)Nc1ccc(Cl)nc1C. The van der Waals surface area contributed by atoms with Gasteiger partial charge in [-0.3, -0.25) is 4.72 Å². The van der Waals surface area contributed by atoms with Crippen molar-refractivity contribution in [1.82, 2.24) is 4.98 Å². The predicted octanol–water partition coefficient (Wildman–Crippen LogP) is 3.15. The number of anilines is 1. The molecule has 0 aliphatic carbocycles. The van der Waals surface area contributed by atoms with E-state index >= 15 is 0 Å². The fourth-order valence-electron chi connectivity index (χ4n) is 1.70. The minimum absolute atomic E-state index is 0.254. The van der Waals surface area contributed by atoms with E-state index in [2.05, 4.69) is 9.71 Å². The molecule has 0 atom stereocenters. The van der Waals surface area contributed by atoms with Crippen molar-refractivity contribution < 1.29 is 8.42 Å². The third-order valence-electron chi connectivity index (χ3n) is 2.68. The molecule has 1 N–H and O–H groups in total. The molecule has 0 bridgehead atoms. The van der Waals surface area contributed by atoms with Crippen LogP contribution in [0.25, 0.3) is 0 Å². The molecule has 1 heterocycles. The lowest BCUT2D eigenvalue weighted by Crippen LogP contribution is -2.15. The van der Waals surface area contributed by atoms with Crippen LogP contribution in [0.3, 0.4) is 0 Å². The second-order valence-electron chi connectivity index (χ2n) is 4.14. The highest BCUT2D eigenvalue weighted by Crippen LogP contribution is 2.21. The van der Waals surface area contributed by atoms with Crippen molar-refractivity contribution in [2.75, 3.05) is 4.72 Å². The highest BCUT2D eigenvalue weighted by atomic mass is 35.5. The number of aryl methyl sites for hydroxylation is 2. The summed E-state index contributed by atoms with van der Waals surface area (Å²) in [5.41, 5.74) is 1.65. The maximum atomic E-state index is 12.3. The number of hydrogen-bond donors (Lipinski definition) is 1. The number of nitrogens with one attached hydrogen (secondary N) is 1. The van der Waals surface area contributed by atoms with Gasteiger partial charge in [-0.25, -0.2) is 13.4 Å². The maximum Gasteiger partial charge on any atom is 0.262 e. The van der Waals surface area contributed by atoms with Crippen molar-refractivity contribution in [1.29, 1.82) is 0 Å². The summed E-state index contributed by atoms with van der Waals surface area (Å²) in [6.45, 7) is 3.45. The third kappa shape index (κ3) is 3.05. The maximum absolute atomic E-state index is 12.3. The Bertz CT molecular complexity index is 714. The molecule has 0 fully saturated rings. The molecule has 2 aromatic rings. The van der Waals surface area contributed by atoms with Crippen LogP contribution in [0, 0.1) is 13.8 Å². The molecule has 100 valence electrons. The van der Waals surface area contributed by atoms with Crippen molar-refractivity contribution in [3.05, 3.63) is 52.8 Å². The van der Waals surface area contributed by atoms with E-state index in [-0.39, 0.29) is 4.90 Å². The molecule has 4 nitrogen and oxygen atoms in total. The van der Waals surface area contributed by atoms with Crippen molar-refractivity contribution in [3.8, 4) is 0 Å². The molecule has 0 amide bonds. The van der Waals surface area contributed by atoms with Gasteiger partial charge >= 0.3 is 0 Å². The van der Waals surface area contributed by atoms with E-state index in [1.807, 2.05) is 0 Å². The summed E-state index contributed by atoms with van der Waals surface area (Å²) in [6, 6.07) is 9.95. The van der Waals surface area contributed by atoms with E-state index in [0.717, 1.165) is 0 Å². The van der Waals surface area contributed by atoms with Gasteiger partial charge in [-0.2, -0.15) is 0 Å². The van der Waals surface area contributed by atoms with Gasteiger partial charge in [0, 0.05) is 0 Å². The Morgan fingerprint density at radius 3 is 2.42 bits per heavy atom. The zero-order valence-corrected chi connectivity index (χ0v) is 12.1. The molecule has 0 spiro atoms. The Morgan fingerprint density at radius 2 is 1.79 bits per heavy atom. The van der Waals surface area contributed by atoms with Gasteiger partial charge < -0.3 is 0 Å². The lowest BCUT2D eigenvalue weighted by Gasteiger charge is -2.11. The summed E-state index contributed by atoms with van der Waals surface area (Å²) in [7, 11) is -3.61. The van der Waals surface area contributed by atoms with Crippen LogP contribution in [0.5, 0.6) is 0 Å². The smallest absolute Gasteiger partial charge is 0.262 e. The van der Waals surface area contributed by atoms with E-state index in [0.29, 0.717) is 22.1 Å². The molecular weight excluding hydrogens is 284 g/mol. The van der Waals surface area contributed by atoms with E-state index in [9.17, 15) is 8.42 Å². The van der Waals surface area contributed by atoms with Crippen molar-refractivity contribution in [2.45, 2.75) is 18.7 Å². The van der Waals surface area contributed by atoms with Gasteiger partial charge in [-0.1, -0.05) is 29.8 Å². The van der Waals surface area contributed by atoms with Crippen LogP contribution in [-0.2, 0) is 10.0 Å². The van der Waals surface area contributed by atoms with E-state index in [1.54, 1.807) is 50.2 Å². The van der Waals surface area contributed by atoms with E-state index < -0.39 is 10.0 Å². The van der Waals surface area contributed by atoms with Crippen LogP contribution in [0.1, 0.15) is 11.3 Å². The molecular formula is C13H13ClN2O2S. The zero-order valence-electron chi connectivity index (χ0n) is 10.5. The Kier molecular flexibility index (Phi) is 3.78. The van der Waals surface area contributed by atoms with Crippen LogP contribution < -0.4 is 4.72 Å². The molecule has 1 aromatic heterocycles. The monoisotopic (exact) mass is 296 g/mol. The van der Waals surface area contributed by atoms with Crippen LogP contribution in [0.2, 0.25) is 5.15 Å². The Balaban J connectivity index is 2.40. The van der Waals surface area contributed by atoms with Gasteiger partial charge in [0.1, 0.15) is 5.15 Å². The summed E-state index contributed by atoms with van der Waals surface area (Å²) < 4.78 is 27.1. The number of nitrogens with zero attached hydrogens (tertiary/aromatic N) is 1. The molecule has 6 heteroatoms. The minimum Gasteiger partial charge on any atom is -0.278 e. The average Bonchev–Trinajstić information content (AvgIpc) is 2.33. The van der Waals surface area contributed by atoms with Crippen LogP contribution in [0.15, 0.2) is 41.3 Å². The normalized spacial score (nSPS) is 11.3. The number of benzene rings is 1. The highest BCUT2D eigenvalue weighted by molar-refractivity contribution is 7.92. The fourth-order valence-corrected chi connectivity index (χ4v) is 3.25. The number of halogens is 1. The summed E-state index contributed by atoms with van der Waals surface area (Å²) in [6.07, 6.45) is 0. The number of hydrogen-bond acceptors (Lipinski definition) is 3. The summed E-state index contributed by atoms with van der Waals surface area (Å²) in [4.78, 5) is 4.27. The number of sulfonamides is 1. The molecule has 0 aliphatic heterocycles. The first-order valence-electron chi connectivity index (χ1n) is 5.62. The minimum atomic E-state index is -3.61. The lowest BCUT2D eigenvalue weighted by molar-refractivity contribution is 0.600. The quantitative estimate of drug-likeness (QED) is 0.885. The number of pyridine rings is 1. The molecule has 19 heavy (non-hydrogen) atoms. The third-order valence-corrected chi connectivity index (χ3v) is 4.42. The fraction of sp³-hybridized carbons (Fsp3) is 0.154. The first-order valence-corrected chi connectivity index (χ1v) is 7.48. The first kappa shape index (κ1) is 13.8. The molecule has 0 unspecified atom stereocenters. The van der Waals surface area contributed by atoms with E-state index in [1.165, 1.54) is 0 Å². The van der Waals surface area contributed by atoms with Crippen molar-refractivity contribution in [2.24, 2.45) is 0 Å². The van der Waals surface area contributed by atoms with Crippen LogP contribution in [-0.4, -0.2) is 13.4 Å². The predicted molar refractivity (Wildman–Crippen MR) is 76.0 cm³/mol. The second-order valence-corrected chi connectivity index (χ2v) is 6.18. The molecule has 0 saturated carbocycles. The van der Waals surface area contributed by atoms with Crippen LogP contribution in [0.4, 0.5) is 5.69 Å². The zero-order chi connectivity index (χ0) is 14.0. The molecule has 0 aliphatic rings. The van der Waals surface area contributed by atoms with Crippen LogP contribution >= 0.6 is 11.6 Å². The lowest BCUT2D eigenvalue weighted by atomic mass is 10.2. The van der Waals surface area contributed by atoms with Gasteiger partial charge in [0.2, 0.25) is 0 Å². The Labute approximate surface area is 117 Å². The highest BCUT2D eigenvalue weighted by Gasteiger charge is 2.17. The second kappa shape index (κ2) is 5.19. The van der Waals surface area contributed by atoms with Gasteiger partial charge in [0.05, 0.1) is 16.3 Å². The molecule has 0 radical (unpaired) electrons. The van der Waals surface area contributed by atoms with Gasteiger partial charge in [-0.05, 0) is 37.6 Å². The summed E-state index contributed by atoms with van der Waals surface area (Å²) in [5.74, 6) is 0. The Morgan fingerprint density at radius 1 is 1.11 bits per heavy atom. The standard InChI is InChI=1S/C13H13ClN2O2S/c1-9-5-3-4-6-12(9)19(17,18)16-11-7-8-13(14)15-10(11)2/h3-8,16H,1-2H3. The molecule has 0 saturated heterocycles. The first-order chi connectivity index (χ1) is 8.90. The summed E-state index contributed by atoms with van der Waals surface area (Å²) >= 11 is 5.74. The number of aromatic nitrogens is 1. The largest absolute Gasteiger partial charge is 0.278 e. The summed E-state index contributed by atoms with van der Waals surface area (Å²) in [5, 5.41) is 0.330. The van der Waals surface area contributed by atoms with Gasteiger partial charge in [0.25, 0.3) is 10.0 Å². The average molecular weight is 297 g/mol. The number of rotatable bonds is 3. The van der Waals surface area contributed by atoms with Gasteiger partial charge in [0.15, 0.2) is 0 Å². The van der Waals surface area contributed by atoms with Crippen molar-refractivity contribution >= 4 is 27.3 Å². The van der Waals surface area contributed by atoms with E-state index in [4.69, 9.17) is 11.6 Å². The van der Waals surface area contributed by atoms with Gasteiger partial charge in [-0.15, -0.1) is 0 Å². The Hall–Kier alpha value is -1.59. The molecule has 1 aromatic carbocycles. The molecule has 2 rings (SSSR count).